The summed E-state index contributed by atoms with van der Waals surface area (Å²) < 4.78 is 7.68. The van der Waals surface area contributed by atoms with E-state index in [4.69, 9.17) is 4.74 Å². The van der Waals surface area contributed by atoms with E-state index in [0.717, 1.165) is 38.9 Å². The van der Waals surface area contributed by atoms with E-state index in [2.05, 4.69) is 10.3 Å². The average Bonchev–Trinajstić information content (AvgIpc) is 3.09. The zero-order valence-electron chi connectivity index (χ0n) is 16.2. The largest absolute Gasteiger partial charge is 0.483 e. The van der Waals surface area contributed by atoms with Crippen LogP contribution in [0.4, 0.5) is 0 Å². The third-order valence-corrected chi connectivity index (χ3v) is 4.88. The number of carbonyl (C=O) groups is 2. The Morgan fingerprint density at radius 2 is 1.89 bits per heavy atom. The van der Waals surface area contributed by atoms with Gasteiger partial charge < -0.3 is 19.5 Å². The van der Waals surface area contributed by atoms with Crippen molar-refractivity contribution in [3.63, 3.8) is 0 Å². The predicted molar refractivity (Wildman–Crippen MR) is 106 cm³/mol. The monoisotopic (exact) mass is 384 g/mol. The van der Waals surface area contributed by atoms with Crippen LogP contribution in [-0.4, -0.2) is 52.5 Å². The number of nitrogens with one attached hydrogen (secondary N) is 1. The Hall–Kier alpha value is -2.83. The Labute approximate surface area is 165 Å². The van der Waals surface area contributed by atoms with Gasteiger partial charge in [0.1, 0.15) is 5.75 Å². The molecule has 1 aromatic carbocycles. The van der Waals surface area contributed by atoms with Crippen LogP contribution in [0.3, 0.4) is 0 Å². The van der Waals surface area contributed by atoms with Gasteiger partial charge in [0.25, 0.3) is 11.8 Å². The zero-order valence-corrected chi connectivity index (χ0v) is 16.2. The second-order valence-electron chi connectivity index (χ2n) is 6.99. The van der Waals surface area contributed by atoms with Crippen molar-refractivity contribution in [2.45, 2.75) is 38.6 Å². The van der Waals surface area contributed by atoms with Gasteiger partial charge in [-0.05, 0) is 31.4 Å². The highest BCUT2D eigenvalue weighted by molar-refractivity contribution is 5.97. The van der Waals surface area contributed by atoms with Crippen LogP contribution in [0, 0.1) is 0 Å². The van der Waals surface area contributed by atoms with Crippen molar-refractivity contribution in [3.8, 4) is 5.75 Å². The SMILES string of the molecule is O=C(NCCCn1ccnc1)c1ccccc1OCC(=O)N1CCCCCC1. The van der Waals surface area contributed by atoms with Crippen LogP contribution >= 0.6 is 0 Å². The molecule has 0 spiro atoms. The molecule has 1 fully saturated rings. The minimum Gasteiger partial charge on any atom is -0.483 e. The fourth-order valence-electron chi connectivity index (χ4n) is 3.31. The van der Waals surface area contributed by atoms with Gasteiger partial charge in [0.05, 0.1) is 11.9 Å². The number of amides is 2. The van der Waals surface area contributed by atoms with Crippen LogP contribution in [0.2, 0.25) is 0 Å². The van der Waals surface area contributed by atoms with Crippen molar-refractivity contribution in [2.24, 2.45) is 0 Å². The third-order valence-electron chi connectivity index (χ3n) is 4.88. The summed E-state index contributed by atoms with van der Waals surface area (Å²) in [5.74, 6) is 0.235. The maximum atomic E-state index is 12.5. The highest BCUT2D eigenvalue weighted by Crippen LogP contribution is 2.18. The number of rotatable bonds is 8. The molecule has 150 valence electrons. The van der Waals surface area contributed by atoms with Crippen LogP contribution in [0.5, 0.6) is 5.75 Å². The second kappa shape index (κ2) is 10.5. The molecule has 0 aliphatic carbocycles. The molecule has 1 aromatic heterocycles. The van der Waals surface area contributed by atoms with Gasteiger partial charge >= 0.3 is 0 Å². The van der Waals surface area contributed by atoms with E-state index < -0.39 is 0 Å². The summed E-state index contributed by atoms with van der Waals surface area (Å²) in [6.45, 7) is 2.90. The van der Waals surface area contributed by atoms with Crippen LogP contribution in [0.1, 0.15) is 42.5 Å². The molecule has 1 N–H and O–H groups in total. The lowest BCUT2D eigenvalue weighted by Crippen LogP contribution is -2.35. The fraction of sp³-hybridized carbons (Fsp3) is 0.476. The molecule has 0 bridgehead atoms. The molecule has 0 unspecified atom stereocenters. The van der Waals surface area contributed by atoms with Gasteiger partial charge in [-0.25, -0.2) is 4.98 Å². The first-order chi connectivity index (χ1) is 13.7. The Morgan fingerprint density at radius 1 is 1.11 bits per heavy atom. The molecule has 1 aliphatic rings. The topological polar surface area (TPSA) is 76.5 Å². The van der Waals surface area contributed by atoms with E-state index in [9.17, 15) is 9.59 Å². The smallest absolute Gasteiger partial charge is 0.260 e. The van der Waals surface area contributed by atoms with Crippen LogP contribution in [0.15, 0.2) is 43.0 Å². The molecule has 3 rings (SSSR count). The van der Waals surface area contributed by atoms with Gasteiger partial charge in [-0.1, -0.05) is 25.0 Å². The number of aryl methyl sites for hydroxylation is 1. The van der Waals surface area contributed by atoms with Crippen LogP contribution in [0.25, 0.3) is 0 Å². The van der Waals surface area contributed by atoms with Gasteiger partial charge in [-0.15, -0.1) is 0 Å². The molecule has 1 aliphatic heterocycles. The lowest BCUT2D eigenvalue weighted by Gasteiger charge is -2.20. The zero-order chi connectivity index (χ0) is 19.6. The van der Waals surface area contributed by atoms with E-state index in [1.54, 1.807) is 30.7 Å². The van der Waals surface area contributed by atoms with Crippen molar-refractivity contribution in [2.75, 3.05) is 26.2 Å². The minimum absolute atomic E-state index is 0.0163. The van der Waals surface area contributed by atoms with E-state index in [1.165, 1.54) is 12.8 Å². The van der Waals surface area contributed by atoms with Gasteiger partial charge in [-0.2, -0.15) is 0 Å². The van der Waals surface area contributed by atoms with Crippen molar-refractivity contribution in [1.29, 1.82) is 0 Å². The minimum atomic E-state index is -0.191. The molecule has 7 nitrogen and oxygen atoms in total. The molecule has 0 atom stereocenters. The Morgan fingerprint density at radius 3 is 2.64 bits per heavy atom. The number of hydrogen-bond acceptors (Lipinski definition) is 4. The lowest BCUT2D eigenvalue weighted by atomic mass is 10.2. The van der Waals surface area contributed by atoms with Crippen molar-refractivity contribution in [3.05, 3.63) is 48.5 Å². The lowest BCUT2D eigenvalue weighted by molar-refractivity contribution is -0.133. The van der Waals surface area contributed by atoms with E-state index in [1.807, 2.05) is 21.7 Å². The Kier molecular flexibility index (Phi) is 7.46. The summed E-state index contributed by atoms with van der Waals surface area (Å²) in [6, 6.07) is 7.05. The number of para-hydroxylation sites is 1. The predicted octanol–water partition coefficient (Wildman–Crippen LogP) is 2.48. The second-order valence-corrected chi connectivity index (χ2v) is 6.99. The number of imidazole rings is 1. The van der Waals surface area contributed by atoms with Gasteiger partial charge in [0.2, 0.25) is 0 Å². The molecular formula is C21H28N4O3. The molecule has 0 saturated carbocycles. The molecule has 28 heavy (non-hydrogen) atoms. The van der Waals surface area contributed by atoms with Crippen LogP contribution < -0.4 is 10.1 Å². The first kappa shape index (κ1) is 19.9. The number of ether oxygens (including phenoxy) is 1. The van der Waals surface area contributed by atoms with Crippen LogP contribution in [-0.2, 0) is 11.3 Å². The molecule has 7 heteroatoms. The first-order valence-electron chi connectivity index (χ1n) is 9.97. The third kappa shape index (κ3) is 5.84. The number of benzene rings is 1. The normalized spacial score (nSPS) is 14.4. The summed E-state index contributed by atoms with van der Waals surface area (Å²) in [6.07, 6.45) is 10.6. The van der Waals surface area contributed by atoms with Gasteiger partial charge in [0, 0.05) is 38.6 Å². The Balaban J connectivity index is 1.48. The van der Waals surface area contributed by atoms with Gasteiger partial charge in [0.15, 0.2) is 6.61 Å². The fourth-order valence-corrected chi connectivity index (χ4v) is 3.31. The molecular weight excluding hydrogens is 356 g/mol. The first-order valence-corrected chi connectivity index (χ1v) is 9.97. The molecule has 0 radical (unpaired) electrons. The van der Waals surface area contributed by atoms with Crippen molar-refractivity contribution in [1.82, 2.24) is 19.8 Å². The molecule has 1 saturated heterocycles. The molecule has 2 aromatic rings. The number of aromatic nitrogens is 2. The highest BCUT2D eigenvalue weighted by Gasteiger charge is 2.18. The maximum Gasteiger partial charge on any atom is 0.260 e. The number of carbonyl (C=O) groups excluding carboxylic acids is 2. The van der Waals surface area contributed by atoms with E-state index in [0.29, 0.717) is 17.9 Å². The number of hydrogen-bond donors (Lipinski definition) is 1. The quantitative estimate of drug-likeness (QED) is 0.710. The average molecular weight is 384 g/mol. The van der Waals surface area contributed by atoms with Crippen molar-refractivity contribution >= 4 is 11.8 Å². The number of likely N-dealkylation sites (tertiary alicyclic amines) is 1. The summed E-state index contributed by atoms with van der Waals surface area (Å²) in [4.78, 5) is 30.8. The maximum absolute atomic E-state index is 12.5. The summed E-state index contributed by atoms with van der Waals surface area (Å²) in [5, 5.41) is 2.91. The standard InChI is InChI=1S/C21H28N4O3/c26-20(25-13-5-1-2-6-14-25)16-28-19-9-4-3-8-18(19)21(27)23-10-7-12-24-15-11-22-17-24/h3-4,8-9,11,15,17H,1-2,5-7,10,12-14,16H2,(H,23,27). The molecule has 2 amide bonds. The summed E-state index contributed by atoms with van der Waals surface area (Å²) in [7, 11) is 0. The van der Waals surface area contributed by atoms with Gasteiger partial charge in [-0.3, -0.25) is 9.59 Å². The Bertz CT molecular complexity index is 753. The van der Waals surface area contributed by atoms with Crippen molar-refractivity contribution < 1.29 is 14.3 Å². The summed E-state index contributed by atoms with van der Waals surface area (Å²) in [5.41, 5.74) is 0.453. The summed E-state index contributed by atoms with van der Waals surface area (Å²) >= 11 is 0. The number of nitrogens with zero attached hydrogens (tertiary/aromatic N) is 3. The highest BCUT2D eigenvalue weighted by atomic mass is 16.5. The van der Waals surface area contributed by atoms with E-state index >= 15 is 0 Å². The molecule has 2 heterocycles. The van der Waals surface area contributed by atoms with E-state index in [-0.39, 0.29) is 18.4 Å².